The maximum absolute atomic E-state index is 4.21. The zero-order chi connectivity index (χ0) is 13.0. The minimum atomic E-state index is 0.364. The van der Waals surface area contributed by atoms with Crippen LogP contribution in [-0.2, 0) is 0 Å². The van der Waals surface area contributed by atoms with Crippen molar-refractivity contribution in [2.45, 2.75) is 17.9 Å². The van der Waals surface area contributed by atoms with E-state index in [2.05, 4.69) is 62.6 Å². The van der Waals surface area contributed by atoms with Gasteiger partial charge in [0.15, 0.2) is 0 Å². The molecule has 17 heavy (non-hydrogen) atoms. The van der Waals surface area contributed by atoms with Crippen LogP contribution >= 0.6 is 72.3 Å². The Hall–Kier alpha value is 2.10. The van der Waals surface area contributed by atoms with Crippen molar-refractivity contribution in [1.29, 1.82) is 0 Å². The van der Waals surface area contributed by atoms with Crippen LogP contribution < -0.4 is 0 Å². The van der Waals surface area contributed by atoms with E-state index in [9.17, 15) is 0 Å². The summed E-state index contributed by atoms with van der Waals surface area (Å²) in [6, 6.07) is 0. The highest BCUT2D eigenvalue weighted by Crippen LogP contribution is 2.36. The third-order valence-corrected chi connectivity index (χ3v) is 8.28. The van der Waals surface area contributed by atoms with E-state index in [0.717, 1.165) is 11.5 Å². The molecule has 0 radical (unpaired) electrons. The van der Waals surface area contributed by atoms with E-state index in [4.69, 9.17) is 0 Å². The summed E-state index contributed by atoms with van der Waals surface area (Å²) in [5.41, 5.74) is 0. The Balaban J connectivity index is 3.38. The largest absolute Gasteiger partial charge is 0.179 e. The smallest absolute Gasteiger partial charge is 0.0555 e. The predicted octanol–water partition coefficient (Wildman–Crippen LogP) is 4.51. The summed E-state index contributed by atoms with van der Waals surface area (Å²) in [6.45, 7) is 4.68. The molecule has 0 aliphatic rings. The maximum atomic E-state index is 4.21. The van der Waals surface area contributed by atoms with Gasteiger partial charge in [-0.15, -0.1) is 23.5 Å². The monoisotopic (exact) mass is 348 g/mol. The first kappa shape index (κ1) is 19.1. The topological polar surface area (TPSA) is 0 Å². The summed E-state index contributed by atoms with van der Waals surface area (Å²) in [5.74, 6) is 9.36. The first-order valence-electron chi connectivity index (χ1n) is 5.77. The molecule has 0 aliphatic carbocycles. The van der Waals surface area contributed by atoms with E-state index in [1.54, 1.807) is 0 Å². The van der Waals surface area contributed by atoms with Crippen LogP contribution in [0.3, 0.4) is 0 Å². The molecular formula is C11H24S6. The molecule has 0 N–H and O–H groups in total. The molecule has 0 heterocycles. The quantitative estimate of drug-likeness (QED) is 0.302. The number of thiol groups is 2. The molecule has 0 saturated carbocycles. The van der Waals surface area contributed by atoms with Crippen molar-refractivity contribution < 1.29 is 0 Å². The average Bonchev–Trinajstić information content (AvgIpc) is 2.28. The Kier molecular flexibility index (Phi) is 14.7. The molecular weight excluding hydrogens is 325 g/mol. The van der Waals surface area contributed by atoms with Crippen molar-refractivity contribution in [2.24, 2.45) is 0 Å². The summed E-state index contributed by atoms with van der Waals surface area (Å²) in [5, 5.41) is 0. The van der Waals surface area contributed by atoms with Crippen molar-refractivity contribution in [3.63, 3.8) is 0 Å². The molecule has 0 spiro atoms. The van der Waals surface area contributed by atoms with Crippen molar-refractivity contribution in [3.8, 4) is 0 Å². The molecule has 0 amide bonds. The van der Waals surface area contributed by atoms with E-state index in [-0.39, 0.29) is 0 Å². The molecule has 0 fully saturated rings. The minimum Gasteiger partial charge on any atom is -0.179 e. The molecule has 0 aromatic carbocycles. The lowest BCUT2D eigenvalue weighted by Gasteiger charge is -2.23. The molecule has 0 rings (SSSR count). The highest BCUT2D eigenvalue weighted by molar-refractivity contribution is 8.18. The molecule has 6 heteroatoms. The van der Waals surface area contributed by atoms with Crippen molar-refractivity contribution in [2.75, 3.05) is 46.0 Å². The Bertz CT molecular complexity index is 146. The Morgan fingerprint density at radius 3 is 1.47 bits per heavy atom. The van der Waals surface area contributed by atoms with E-state index >= 15 is 0 Å². The fraction of sp³-hybridized carbons (Fsp3) is 1.00. The second-order valence-electron chi connectivity index (χ2n) is 3.77. The Morgan fingerprint density at radius 2 is 1.12 bits per heavy atom. The SMILES string of the molecule is CC(C)(SCCSCCS)SCCSCCS. The molecule has 0 aliphatic heterocycles. The first-order valence-corrected chi connectivity index (χ1v) is 11.3. The van der Waals surface area contributed by atoms with Gasteiger partial charge in [0, 0.05) is 34.5 Å². The van der Waals surface area contributed by atoms with Gasteiger partial charge in [0.25, 0.3) is 0 Å². The van der Waals surface area contributed by atoms with E-state index in [1.165, 1.54) is 34.5 Å². The standard InChI is InChI=1S/C11H24S6/c1-11(2,16-9-7-14-5-3-12)17-10-8-15-6-4-13/h12-13H,3-10H2,1-2H3. The van der Waals surface area contributed by atoms with E-state index < -0.39 is 0 Å². The van der Waals surface area contributed by atoms with Crippen LogP contribution in [0.15, 0.2) is 0 Å². The summed E-state index contributed by atoms with van der Waals surface area (Å²) in [4.78, 5) is 0. The molecule has 0 bridgehead atoms. The van der Waals surface area contributed by atoms with Crippen LogP contribution in [0.1, 0.15) is 13.8 Å². The van der Waals surface area contributed by atoms with Crippen LogP contribution in [0.5, 0.6) is 0 Å². The Morgan fingerprint density at radius 1 is 0.706 bits per heavy atom. The minimum absolute atomic E-state index is 0.364. The van der Waals surface area contributed by atoms with Gasteiger partial charge in [-0.25, -0.2) is 0 Å². The number of hydrogen-bond donors (Lipinski definition) is 2. The Labute approximate surface area is 135 Å². The fourth-order valence-corrected chi connectivity index (χ4v) is 5.93. The molecule has 0 aromatic rings. The summed E-state index contributed by atoms with van der Waals surface area (Å²) >= 11 is 16.6. The first-order chi connectivity index (χ1) is 8.12. The van der Waals surface area contributed by atoms with Crippen LogP contribution in [0.2, 0.25) is 0 Å². The lowest BCUT2D eigenvalue weighted by Crippen LogP contribution is -2.12. The van der Waals surface area contributed by atoms with Crippen LogP contribution in [0.25, 0.3) is 0 Å². The molecule has 0 saturated heterocycles. The van der Waals surface area contributed by atoms with E-state index in [0.29, 0.717) is 4.08 Å². The highest BCUT2D eigenvalue weighted by Gasteiger charge is 2.17. The van der Waals surface area contributed by atoms with E-state index in [1.807, 2.05) is 23.5 Å². The maximum Gasteiger partial charge on any atom is 0.0555 e. The number of hydrogen-bond acceptors (Lipinski definition) is 6. The zero-order valence-corrected chi connectivity index (χ0v) is 15.7. The highest BCUT2D eigenvalue weighted by atomic mass is 32.2. The van der Waals surface area contributed by atoms with Gasteiger partial charge in [-0.3, -0.25) is 0 Å². The molecule has 0 nitrogen and oxygen atoms in total. The third-order valence-electron chi connectivity index (χ3n) is 1.83. The summed E-state index contributed by atoms with van der Waals surface area (Å²) < 4.78 is 0.364. The zero-order valence-electron chi connectivity index (χ0n) is 10.7. The summed E-state index contributed by atoms with van der Waals surface area (Å²) in [7, 11) is 0. The lowest BCUT2D eigenvalue weighted by atomic mass is 10.5. The molecule has 0 unspecified atom stereocenters. The molecule has 0 atom stereocenters. The van der Waals surface area contributed by atoms with Gasteiger partial charge in [0.2, 0.25) is 0 Å². The van der Waals surface area contributed by atoms with Crippen molar-refractivity contribution in [1.82, 2.24) is 0 Å². The number of thioether (sulfide) groups is 4. The van der Waals surface area contributed by atoms with Crippen molar-refractivity contribution in [3.05, 3.63) is 0 Å². The van der Waals surface area contributed by atoms with Gasteiger partial charge in [0.05, 0.1) is 4.08 Å². The van der Waals surface area contributed by atoms with Gasteiger partial charge >= 0.3 is 0 Å². The third kappa shape index (κ3) is 14.3. The van der Waals surface area contributed by atoms with Gasteiger partial charge in [-0.2, -0.15) is 48.8 Å². The van der Waals surface area contributed by atoms with Crippen LogP contribution in [0, 0.1) is 0 Å². The van der Waals surface area contributed by atoms with Crippen LogP contribution in [-0.4, -0.2) is 50.1 Å². The van der Waals surface area contributed by atoms with Gasteiger partial charge in [-0.05, 0) is 25.4 Å². The second kappa shape index (κ2) is 13.1. The molecule has 104 valence electrons. The summed E-state index contributed by atoms with van der Waals surface area (Å²) in [6.07, 6.45) is 0. The second-order valence-corrected chi connectivity index (χ2v) is 10.8. The average molecular weight is 349 g/mol. The van der Waals surface area contributed by atoms with Crippen LogP contribution in [0.4, 0.5) is 0 Å². The fourth-order valence-electron chi connectivity index (χ4n) is 1.07. The number of rotatable bonds is 12. The van der Waals surface area contributed by atoms with Gasteiger partial charge < -0.3 is 0 Å². The normalized spacial score (nSPS) is 12.0. The molecule has 0 aromatic heterocycles. The lowest BCUT2D eigenvalue weighted by molar-refractivity contribution is 1.03. The van der Waals surface area contributed by atoms with Gasteiger partial charge in [-0.1, -0.05) is 0 Å². The van der Waals surface area contributed by atoms with Gasteiger partial charge in [0.1, 0.15) is 0 Å². The van der Waals surface area contributed by atoms with Crippen molar-refractivity contribution >= 4 is 72.3 Å². The predicted molar refractivity (Wildman–Crippen MR) is 101 cm³/mol.